The Morgan fingerprint density at radius 2 is 1.17 bits per heavy atom. The average Bonchev–Trinajstić information content (AvgIpc) is 3.59. The first-order chi connectivity index (χ1) is 22.3. The van der Waals surface area contributed by atoms with Crippen LogP contribution in [0.5, 0.6) is 0 Å². The Morgan fingerprint density at radius 1 is 0.688 bits per heavy atom. The predicted molar refractivity (Wildman–Crippen MR) is 218 cm³/mol. The molecule has 0 nitrogen and oxygen atoms in total. The van der Waals surface area contributed by atoms with Crippen LogP contribution >= 0.6 is 17.0 Å². The average molecular weight is 788 g/mol. The van der Waals surface area contributed by atoms with E-state index in [2.05, 4.69) is 171 Å². The van der Waals surface area contributed by atoms with E-state index in [0.29, 0.717) is 5.92 Å². The molecule has 48 heavy (non-hydrogen) atoms. The number of benzene rings is 4. The number of fused-ring (bicyclic) bond motifs is 2. The molecule has 2 aliphatic rings. The van der Waals surface area contributed by atoms with Crippen LogP contribution in [-0.2, 0) is 21.0 Å². The molecule has 0 aliphatic heterocycles. The molecule has 0 spiro atoms. The van der Waals surface area contributed by atoms with Crippen LogP contribution in [0.1, 0.15) is 76.6 Å². The van der Waals surface area contributed by atoms with Gasteiger partial charge < -0.3 is 0 Å². The zero-order chi connectivity index (χ0) is 35.0. The summed E-state index contributed by atoms with van der Waals surface area (Å²) in [5, 5.41) is 1.49. The Morgan fingerprint density at radius 3 is 1.62 bits per heavy atom. The topological polar surface area (TPSA) is 0 Å². The summed E-state index contributed by atoms with van der Waals surface area (Å²) in [4.78, 5) is 0. The fourth-order valence-corrected chi connectivity index (χ4v) is 41.8. The van der Waals surface area contributed by atoms with E-state index < -0.39 is 29.6 Å². The van der Waals surface area contributed by atoms with E-state index in [1.54, 1.807) is 0 Å². The molecular formula is C43H53Cl2Si2Zr. The van der Waals surface area contributed by atoms with Crippen LogP contribution in [0.2, 0.25) is 32.7 Å². The van der Waals surface area contributed by atoms with Gasteiger partial charge in [0.15, 0.2) is 0 Å². The van der Waals surface area contributed by atoms with Crippen molar-refractivity contribution in [3.63, 3.8) is 0 Å². The Balaban J connectivity index is 1.51. The molecule has 6 rings (SSSR count). The second kappa shape index (κ2) is 12.5. The molecule has 0 fully saturated rings. The minimum absolute atomic E-state index is 0.0872. The number of allylic oxidation sites excluding steroid dienone is 2. The van der Waals surface area contributed by atoms with Crippen molar-refractivity contribution in [2.75, 3.05) is 0 Å². The zero-order valence-corrected chi connectivity index (χ0v) is 36.9. The Hall–Kier alpha value is -1.74. The molecule has 4 aromatic rings. The molecule has 0 aromatic heterocycles. The summed E-state index contributed by atoms with van der Waals surface area (Å²) in [6, 6.07) is 32.3. The molecule has 0 heterocycles. The number of hydrogen-bond acceptors (Lipinski definition) is 0. The Labute approximate surface area is 300 Å². The van der Waals surface area contributed by atoms with Crippen LogP contribution < -0.4 is 5.19 Å². The van der Waals surface area contributed by atoms with Crippen molar-refractivity contribution in [3.8, 4) is 22.3 Å². The zero-order valence-electron chi connectivity index (χ0n) is 30.8. The van der Waals surface area contributed by atoms with Gasteiger partial charge in [0.25, 0.3) is 0 Å². The van der Waals surface area contributed by atoms with E-state index in [4.69, 9.17) is 17.0 Å². The summed E-state index contributed by atoms with van der Waals surface area (Å²) in [5.41, 5.74) is 14.7. The Kier molecular flexibility index (Phi) is 9.38. The van der Waals surface area contributed by atoms with E-state index in [1.807, 2.05) is 0 Å². The van der Waals surface area contributed by atoms with Crippen molar-refractivity contribution in [1.82, 2.24) is 0 Å². The molecule has 2 atom stereocenters. The molecular weight excluding hydrogens is 735 g/mol. The molecule has 0 radical (unpaired) electrons. The van der Waals surface area contributed by atoms with E-state index in [-0.39, 0.29) is 12.7 Å². The SMILES string of the molecule is CC1=Cc2c(-c3ccc([Si](C)(C)C)cc3)cccc2[CH]1[Zr]([Cl])([Cl])([CH]1C(C(C)C)=Cc2c(-c3ccc(C(C)(C)C)cc3)cccc21)[SiH](C)C. The summed E-state index contributed by atoms with van der Waals surface area (Å²) in [6.07, 6.45) is 4.91. The molecule has 0 bridgehead atoms. The molecule has 251 valence electrons. The third-order valence-corrected chi connectivity index (χ3v) is 65.4. The summed E-state index contributed by atoms with van der Waals surface area (Å²) in [5.74, 6) is -1.28. The maximum absolute atomic E-state index is 8.63. The normalized spacial score (nSPS) is 18.8. The van der Waals surface area contributed by atoms with Crippen molar-refractivity contribution in [3.05, 3.63) is 124 Å². The van der Waals surface area contributed by atoms with Crippen LogP contribution in [0.15, 0.2) is 96.1 Å². The summed E-state index contributed by atoms with van der Waals surface area (Å²) < 4.78 is 0.176. The number of rotatable bonds is 7. The predicted octanol–water partition coefficient (Wildman–Crippen LogP) is 13.1. The third kappa shape index (κ3) is 5.92. The first-order valence-corrected chi connectivity index (χ1v) is 37.6. The molecule has 0 amide bonds. The van der Waals surface area contributed by atoms with E-state index >= 15 is 0 Å². The summed E-state index contributed by atoms with van der Waals surface area (Å²) in [7, 11) is 15.9. The molecule has 2 unspecified atom stereocenters. The maximum atomic E-state index is 8.63. The van der Waals surface area contributed by atoms with Gasteiger partial charge in [-0.25, -0.2) is 0 Å². The van der Waals surface area contributed by atoms with Gasteiger partial charge in [0.05, 0.1) is 0 Å². The van der Waals surface area contributed by atoms with Crippen molar-refractivity contribution in [2.24, 2.45) is 5.92 Å². The van der Waals surface area contributed by atoms with Crippen molar-refractivity contribution < 1.29 is 15.6 Å². The molecule has 4 aromatic carbocycles. The monoisotopic (exact) mass is 785 g/mol. The fraction of sp³-hybridized carbons (Fsp3) is 0.349. The van der Waals surface area contributed by atoms with Gasteiger partial charge in [-0.1, -0.05) is 0 Å². The van der Waals surface area contributed by atoms with Crippen LogP contribution in [0.3, 0.4) is 0 Å². The van der Waals surface area contributed by atoms with Gasteiger partial charge in [-0.15, -0.1) is 0 Å². The van der Waals surface area contributed by atoms with Crippen LogP contribution in [0.4, 0.5) is 0 Å². The van der Waals surface area contributed by atoms with Gasteiger partial charge in [0.2, 0.25) is 0 Å². The summed E-state index contributed by atoms with van der Waals surface area (Å²) in [6.45, 7) is 25.9. The van der Waals surface area contributed by atoms with Crippen molar-refractivity contribution in [1.29, 1.82) is 0 Å². The minimum atomic E-state index is -4.81. The number of hydrogen-bond donors (Lipinski definition) is 0. The Bertz CT molecular complexity index is 1930. The van der Waals surface area contributed by atoms with Crippen LogP contribution in [-0.4, -0.2) is 14.0 Å². The van der Waals surface area contributed by atoms with Crippen molar-refractivity contribution >= 4 is 48.4 Å². The van der Waals surface area contributed by atoms with E-state index in [1.165, 1.54) is 66.4 Å². The molecule has 0 saturated heterocycles. The van der Waals surface area contributed by atoms with Gasteiger partial charge in [-0.05, 0) is 0 Å². The van der Waals surface area contributed by atoms with Gasteiger partial charge in [0.1, 0.15) is 0 Å². The first-order valence-electron chi connectivity index (χ1n) is 17.8. The van der Waals surface area contributed by atoms with Crippen LogP contribution in [0, 0.1) is 5.92 Å². The molecule has 0 saturated carbocycles. The van der Waals surface area contributed by atoms with E-state index in [9.17, 15) is 0 Å². The quantitative estimate of drug-likeness (QED) is 0.164. The second-order valence-corrected chi connectivity index (χ2v) is 64.8. The van der Waals surface area contributed by atoms with Gasteiger partial charge in [-0.3, -0.25) is 0 Å². The first kappa shape index (κ1) is 36.1. The molecule has 2 aliphatic carbocycles. The van der Waals surface area contributed by atoms with Crippen molar-refractivity contribution in [2.45, 2.75) is 86.9 Å². The van der Waals surface area contributed by atoms with Gasteiger partial charge in [0, 0.05) is 0 Å². The van der Waals surface area contributed by atoms with Gasteiger partial charge >= 0.3 is 303 Å². The molecule has 0 N–H and O–H groups in total. The third-order valence-electron chi connectivity index (χ3n) is 11.4. The number of halogens is 2. The van der Waals surface area contributed by atoms with E-state index in [0.717, 1.165) is 0 Å². The second-order valence-electron chi connectivity index (χ2n) is 17.2. The molecule has 5 heteroatoms. The standard InChI is InChI=1S/C22H25.C19H21Si.C2H7Si.2ClH.Zr/c1-15(2)18-13-17-7-6-8-20(21(17)14-18)16-9-11-19(12-10-16)22(3,4)5;1-14-12-16-6-5-7-18(19(16)13-14)15-8-10-17(11-9-15)20(2,3)4;1-3-2;;;/h6-15H,1-5H3;5-13H,1-4H3;3H,1-2H3;2*1H;/q;;;;;+2/p-2. The fourth-order valence-electron chi connectivity index (χ4n) is 8.46. The van der Waals surface area contributed by atoms with Gasteiger partial charge in [-0.2, -0.15) is 0 Å². The summed E-state index contributed by atoms with van der Waals surface area (Å²) >= 11 is -4.81. The van der Waals surface area contributed by atoms with Crippen LogP contribution in [0.25, 0.3) is 34.4 Å².